The number of aromatic nitrogens is 6. The summed E-state index contributed by atoms with van der Waals surface area (Å²) in [5, 5.41) is 20.0. The summed E-state index contributed by atoms with van der Waals surface area (Å²) in [5.74, 6) is 0.888. The Labute approximate surface area is 121 Å². The first kappa shape index (κ1) is 14.9. The molecule has 2 rings (SSSR count). The minimum Gasteiger partial charge on any atom is -0.383 e. The number of nitrogens with zero attached hydrogens (tertiary/aromatic N) is 6. The van der Waals surface area contributed by atoms with Crippen LogP contribution in [-0.2, 0) is 17.8 Å². The van der Waals surface area contributed by atoms with Crippen LogP contribution in [0.25, 0.3) is 0 Å². The third kappa shape index (κ3) is 4.91. The van der Waals surface area contributed by atoms with Crippen molar-refractivity contribution in [2.24, 2.45) is 0 Å². The van der Waals surface area contributed by atoms with Gasteiger partial charge >= 0.3 is 0 Å². The van der Waals surface area contributed by atoms with E-state index in [4.69, 9.17) is 4.74 Å². The lowest BCUT2D eigenvalue weighted by molar-refractivity contribution is 0.199. The largest absolute Gasteiger partial charge is 0.383 e. The van der Waals surface area contributed by atoms with Gasteiger partial charge in [-0.15, -0.1) is 5.10 Å². The van der Waals surface area contributed by atoms with Gasteiger partial charge in [-0.05, 0) is 16.5 Å². The summed E-state index contributed by atoms with van der Waals surface area (Å²) in [6, 6.07) is 1.92. The molecule has 9 heteroatoms. The Morgan fingerprint density at radius 3 is 3.10 bits per heavy atom. The van der Waals surface area contributed by atoms with Crippen molar-refractivity contribution in [2.75, 3.05) is 32.6 Å². The maximum absolute atomic E-state index is 4.97. The molecular formula is C11H19N7OS. The summed E-state index contributed by atoms with van der Waals surface area (Å²) < 4.78 is 8.68. The summed E-state index contributed by atoms with van der Waals surface area (Å²) >= 11 is 1.63. The van der Waals surface area contributed by atoms with Gasteiger partial charge in [0.15, 0.2) is 0 Å². The fraction of sp³-hybridized carbons (Fsp3) is 0.636. The van der Waals surface area contributed by atoms with Gasteiger partial charge < -0.3 is 10.1 Å². The molecule has 0 bridgehead atoms. The van der Waals surface area contributed by atoms with Crippen LogP contribution in [0, 0.1) is 0 Å². The van der Waals surface area contributed by atoms with Crippen LogP contribution >= 0.6 is 11.8 Å². The van der Waals surface area contributed by atoms with Crippen molar-refractivity contribution in [2.45, 2.75) is 18.2 Å². The summed E-state index contributed by atoms with van der Waals surface area (Å²) in [5.41, 5.74) is 0. The fourth-order valence-electron chi connectivity index (χ4n) is 1.59. The molecule has 0 amide bonds. The number of thioether (sulfide) groups is 1. The van der Waals surface area contributed by atoms with Gasteiger partial charge in [0.1, 0.15) is 0 Å². The second kappa shape index (κ2) is 8.67. The quantitative estimate of drug-likeness (QED) is 0.484. The Morgan fingerprint density at radius 1 is 1.35 bits per heavy atom. The minimum absolute atomic E-state index is 0.709. The molecule has 0 saturated carbocycles. The molecule has 0 aliphatic heterocycles. The highest BCUT2D eigenvalue weighted by Gasteiger charge is 2.06. The normalized spacial score (nSPS) is 11.1. The zero-order valence-electron chi connectivity index (χ0n) is 11.5. The maximum atomic E-state index is 4.97. The number of hydrogen-bond donors (Lipinski definition) is 1. The third-order valence-electron chi connectivity index (χ3n) is 2.59. The van der Waals surface area contributed by atoms with Gasteiger partial charge in [0.05, 0.1) is 19.7 Å². The maximum Gasteiger partial charge on any atom is 0.209 e. The fourth-order valence-corrected chi connectivity index (χ4v) is 2.42. The van der Waals surface area contributed by atoms with E-state index in [0.717, 1.165) is 37.1 Å². The highest BCUT2D eigenvalue weighted by atomic mass is 32.2. The average Bonchev–Trinajstić information content (AvgIpc) is 3.11. The molecule has 0 aliphatic rings. The SMILES string of the molecule is COCCNCCn1nnnc1SCCn1cccn1. The predicted octanol–water partition coefficient (Wildman–Crippen LogP) is -0.102. The van der Waals surface area contributed by atoms with Crippen molar-refractivity contribution in [3.05, 3.63) is 18.5 Å². The number of nitrogens with one attached hydrogen (secondary N) is 1. The molecule has 0 fully saturated rings. The Hall–Kier alpha value is -1.45. The van der Waals surface area contributed by atoms with Gasteiger partial charge in [0.25, 0.3) is 0 Å². The topological polar surface area (TPSA) is 82.7 Å². The van der Waals surface area contributed by atoms with Crippen molar-refractivity contribution < 1.29 is 4.74 Å². The molecule has 0 spiro atoms. The van der Waals surface area contributed by atoms with E-state index >= 15 is 0 Å². The van der Waals surface area contributed by atoms with E-state index in [9.17, 15) is 0 Å². The lowest BCUT2D eigenvalue weighted by Gasteiger charge is -2.06. The molecule has 0 unspecified atom stereocenters. The molecule has 8 nitrogen and oxygen atoms in total. The zero-order chi connectivity index (χ0) is 14.0. The summed E-state index contributed by atoms with van der Waals surface area (Å²) in [7, 11) is 1.69. The van der Waals surface area contributed by atoms with Crippen LogP contribution in [-0.4, -0.2) is 62.5 Å². The Bertz CT molecular complexity index is 473. The van der Waals surface area contributed by atoms with Crippen molar-refractivity contribution in [3.63, 3.8) is 0 Å². The molecular weight excluding hydrogens is 278 g/mol. The molecule has 2 aromatic heterocycles. The van der Waals surface area contributed by atoms with Crippen molar-refractivity contribution in [1.29, 1.82) is 0 Å². The highest BCUT2D eigenvalue weighted by Crippen LogP contribution is 2.13. The molecule has 0 aliphatic carbocycles. The van der Waals surface area contributed by atoms with Crippen LogP contribution in [0.1, 0.15) is 0 Å². The van der Waals surface area contributed by atoms with E-state index in [2.05, 4.69) is 25.9 Å². The first-order valence-electron chi connectivity index (χ1n) is 6.46. The summed E-state index contributed by atoms with van der Waals surface area (Å²) in [6.07, 6.45) is 3.73. The molecule has 2 heterocycles. The number of hydrogen-bond acceptors (Lipinski definition) is 7. The van der Waals surface area contributed by atoms with Crippen LogP contribution in [0.15, 0.2) is 23.6 Å². The van der Waals surface area contributed by atoms with Crippen LogP contribution < -0.4 is 5.32 Å². The number of aryl methyl sites for hydroxylation is 1. The molecule has 1 N–H and O–H groups in total. The van der Waals surface area contributed by atoms with E-state index in [1.54, 1.807) is 25.1 Å². The predicted molar refractivity (Wildman–Crippen MR) is 75.5 cm³/mol. The smallest absolute Gasteiger partial charge is 0.209 e. The van der Waals surface area contributed by atoms with Crippen molar-refractivity contribution in [3.8, 4) is 0 Å². The van der Waals surface area contributed by atoms with Crippen LogP contribution in [0.5, 0.6) is 0 Å². The zero-order valence-corrected chi connectivity index (χ0v) is 12.3. The molecule has 20 heavy (non-hydrogen) atoms. The lowest BCUT2D eigenvalue weighted by Crippen LogP contribution is -2.24. The number of rotatable bonds is 10. The van der Waals surface area contributed by atoms with Crippen LogP contribution in [0.2, 0.25) is 0 Å². The van der Waals surface area contributed by atoms with E-state index in [-0.39, 0.29) is 0 Å². The Kier molecular flexibility index (Phi) is 6.48. The molecule has 0 saturated heterocycles. The van der Waals surface area contributed by atoms with Crippen molar-refractivity contribution in [1.82, 2.24) is 35.3 Å². The van der Waals surface area contributed by atoms with Gasteiger partial charge in [0, 0.05) is 38.3 Å². The molecule has 110 valence electrons. The molecule has 0 aromatic carbocycles. The minimum atomic E-state index is 0.709. The monoisotopic (exact) mass is 297 g/mol. The van der Waals surface area contributed by atoms with Gasteiger partial charge in [-0.2, -0.15) is 5.10 Å². The van der Waals surface area contributed by atoms with Gasteiger partial charge in [0.2, 0.25) is 5.16 Å². The standard InChI is InChI=1S/C11H19N7OS/c1-19-9-5-12-4-7-18-11(14-15-16-18)20-10-8-17-6-2-3-13-17/h2-3,6,12H,4-5,7-10H2,1H3. The van der Waals surface area contributed by atoms with Crippen molar-refractivity contribution >= 4 is 11.8 Å². The van der Waals surface area contributed by atoms with Gasteiger partial charge in [-0.1, -0.05) is 11.8 Å². The Balaban J connectivity index is 1.68. The van der Waals surface area contributed by atoms with E-state index in [1.807, 2.05) is 21.6 Å². The Morgan fingerprint density at radius 2 is 2.30 bits per heavy atom. The first-order valence-corrected chi connectivity index (χ1v) is 7.45. The van der Waals surface area contributed by atoms with E-state index in [1.165, 1.54) is 0 Å². The lowest BCUT2D eigenvalue weighted by atomic mass is 10.6. The first-order chi connectivity index (χ1) is 9.90. The highest BCUT2D eigenvalue weighted by molar-refractivity contribution is 7.99. The van der Waals surface area contributed by atoms with Gasteiger partial charge in [-0.3, -0.25) is 4.68 Å². The number of ether oxygens (including phenoxy) is 1. The van der Waals surface area contributed by atoms with Gasteiger partial charge in [-0.25, -0.2) is 4.68 Å². The summed E-state index contributed by atoms with van der Waals surface area (Å²) in [4.78, 5) is 0. The summed E-state index contributed by atoms with van der Waals surface area (Å²) in [6.45, 7) is 3.96. The second-order valence-electron chi connectivity index (χ2n) is 4.04. The van der Waals surface area contributed by atoms with E-state index in [0.29, 0.717) is 6.61 Å². The molecule has 2 aromatic rings. The van der Waals surface area contributed by atoms with E-state index < -0.39 is 0 Å². The van der Waals surface area contributed by atoms with Crippen LogP contribution in [0.4, 0.5) is 0 Å². The third-order valence-corrected chi connectivity index (χ3v) is 3.53. The molecule has 0 atom stereocenters. The number of tetrazole rings is 1. The number of methoxy groups -OCH3 is 1. The van der Waals surface area contributed by atoms with Crippen LogP contribution in [0.3, 0.4) is 0 Å². The molecule has 0 radical (unpaired) electrons. The average molecular weight is 297 g/mol. The second-order valence-corrected chi connectivity index (χ2v) is 5.11.